The zero-order valence-corrected chi connectivity index (χ0v) is 17.0. The lowest BCUT2D eigenvalue weighted by Crippen LogP contribution is -2.18. The minimum Gasteiger partial charge on any atom is -0.403 e. The first kappa shape index (κ1) is 21.9. The molecule has 29 heavy (non-hydrogen) atoms. The fraction of sp³-hybridized carbons (Fsp3) is 0.583. The van der Waals surface area contributed by atoms with E-state index in [0.29, 0.717) is 5.39 Å². The molecule has 0 spiro atoms. The molecule has 0 saturated heterocycles. The van der Waals surface area contributed by atoms with Crippen LogP contribution in [0.2, 0.25) is 0 Å². The van der Waals surface area contributed by atoms with Crippen LogP contribution in [0.5, 0.6) is 5.75 Å². The predicted octanol–water partition coefficient (Wildman–Crippen LogP) is 8.20. The number of halogens is 4. The monoisotopic (exact) mass is 410 g/mol. The summed E-state index contributed by atoms with van der Waals surface area (Å²) in [7, 11) is 0. The van der Waals surface area contributed by atoms with Crippen molar-refractivity contribution < 1.29 is 22.3 Å². The summed E-state index contributed by atoms with van der Waals surface area (Å²) in [5.41, 5.74) is 1.10. The third-order valence-electron chi connectivity index (χ3n) is 6.23. The molecule has 1 nitrogen and oxygen atoms in total. The second-order valence-corrected chi connectivity index (χ2v) is 8.40. The first-order valence-corrected chi connectivity index (χ1v) is 10.8. The van der Waals surface area contributed by atoms with Crippen LogP contribution in [0.15, 0.2) is 30.3 Å². The van der Waals surface area contributed by atoms with E-state index in [4.69, 9.17) is 0 Å². The van der Waals surface area contributed by atoms with Crippen molar-refractivity contribution in [1.82, 2.24) is 0 Å². The van der Waals surface area contributed by atoms with Crippen LogP contribution in [0.1, 0.15) is 70.3 Å². The van der Waals surface area contributed by atoms with Gasteiger partial charge in [0.15, 0.2) is 11.6 Å². The van der Waals surface area contributed by atoms with Gasteiger partial charge in [0.1, 0.15) is 0 Å². The van der Waals surface area contributed by atoms with E-state index in [0.717, 1.165) is 36.3 Å². The number of fused-ring (bicyclic) bond motifs is 1. The highest BCUT2D eigenvalue weighted by atomic mass is 19.4. The average molecular weight is 410 g/mol. The van der Waals surface area contributed by atoms with Gasteiger partial charge >= 0.3 is 6.36 Å². The normalized spacial score (nSPS) is 20.2. The summed E-state index contributed by atoms with van der Waals surface area (Å²) in [5, 5.41) is 0.761. The Morgan fingerprint density at radius 2 is 1.62 bits per heavy atom. The standard InChI is InChI=1S/C24H30F4O/c1-2-3-4-5-17-6-8-18(9-7-17)10-11-19-12-14-21-20(16-19)13-15-22(23(21)25)29-24(26,27)28/h12-18H,2-11H2,1H3. The van der Waals surface area contributed by atoms with Gasteiger partial charge in [-0.25, -0.2) is 4.39 Å². The fourth-order valence-corrected chi connectivity index (χ4v) is 4.54. The minimum atomic E-state index is -4.90. The first-order chi connectivity index (χ1) is 13.9. The van der Waals surface area contributed by atoms with E-state index in [1.54, 1.807) is 6.07 Å². The Kier molecular flexibility index (Phi) is 7.42. The van der Waals surface area contributed by atoms with Crippen molar-refractivity contribution in [2.75, 3.05) is 0 Å². The number of aryl methyl sites for hydroxylation is 1. The second kappa shape index (κ2) is 9.82. The number of ether oxygens (including phenoxy) is 1. The lowest BCUT2D eigenvalue weighted by Gasteiger charge is -2.28. The van der Waals surface area contributed by atoms with Crippen LogP contribution < -0.4 is 4.74 Å². The topological polar surface area (TPSA) is 9.23 Å². The molecule has 160 valence electrons. The number of alkyl halides is 3. The molecule has 0 N–H and O–H groups in total. The largest absolute Gasteiger partial charge is 0.573 e. The van der Waals surface area contributed by atoms with Gasteiger partial charge in [0.05, 0.1) is 0 Å². The maximum atomic E-state index is 14.3. The Balaban J connectivity index is 1.54. The van der Waals surface area contributed by atoms with E-state index in [-0.39, 0.29) is 5.39 Å². The van der Waals surface area contributed by atoms with Crippen LogP contribution in [-0.2, 0) is 6.42 Å². The van der Waals surface area contributed by atoms with E-state index in [2.05, 4.69) is 11.7 Å². The van der Waals surface area contributed by atoms with Gasteiger partial charge in [0, 0.05) is 5.39 Å². The number of benzene rings is 2. The molecular weight excluding hydrogens is 380 g/mol. The van der Waals surface area contributed by atoms with Gasteiger partial charge in [-0.15, -0.1) is 13.2 Å². The summed E-state index contributed by atoms with van der Waals surface area (Å²) in [6.45, 7) is 2.24. The highest BCUT2D eigenvalue weighted by molar-refractivity contribution is 5.85. The number of rotatable bonds is 8. The number of hydrogen-bond donors (Lipinski definition) is 0. The van der Waals surface area contributed by atoms with Gasteiger partial charge < -0.3 is 4.74 Å². The first-order valence-electron chi connectivity index (χ1n) is 10.8. The molecule has 0 heterocycles. The molecule has 0 aliphatic heterocycles. The van der Waals surface area contributed by atoms with Crippen LogP contribution in [0.4, 0.5) is 17.6 Å². The van der Waals surface area contributed by atoms with Crippen molar-refractivity contribution in [2.45, 2.75) is 77.5 Å². The Morgan fingerprint density at radius 1 is 0.931 bits per heavy atom. The predicted molar refractivity (Wildman–Crippen MR) is 109 cm³/mol. The smallest absolute Gasteiger partial charge is 0.403 e. The van der Waals surface area contributed by atoms with Crippen LogP contribution >= 0.6 is 0 Å². The molecule has 2 aromatic carbocycles. The lowest BCUT2D eigenvalue weighted by molar-refractivity contribution is -0.275. The SMILES string of the molecule is CCCCCC1CCC(CCc2ccc3c(F)c(OC(F)(F)F)ccc3c2)CC1. The molecule has 2 aromatic rings. The highest BCUT2D eigenvalue weighted by Crippen LogP contribution is 2.35. The van der Waals surface area contributed by atoms with Crippen molar-refractivity contribution in [1.29, 1.82) is 0 Å². The average Bonchev–Trinajstić information content (AvgIpc) is 2.69. The zero-order valence-electron chi connectivity index (χ0n) is 17.0. The van der Waals surface area contributed by atoms with Crippen molar-refractivity contribution in [3.8, 4) is 5.75 Å². The van der Waals surface area contributed by atoms with Crippen molar-refractivity contribution in [2.24, 2.45) is 11.8 Å². The summed E-state index contributed by atoms with van der Waals surface area (Å²) < 4.78 is 55.2. The molecule has 0 unspecified atom stereocenters. The highest BCUT2D eigenvalue weighted by Gasteiger charge is 2.32. The molecule has 0 bridgehead atoms. The molecule has 1 fully saturated rings. The molecule has 0 radical (unpaired) electrons. The van der Waals surface area contributed by atoms with Crippen molar-refractivity contribution in [3.05, 3.63) is 41.7 Å². The summed E-state index contributed by atoms with van der Waals surface area (Å²) in [6, 6.07) is 7.80. The molecule has 1 saturated carbocycles. The number of unbranched alkanes of at least 4 members (excludes halogenated alkanes) is 2. The van der Waals surface area contributed by atoms with E-state index in [1.807, 2.05) is 12.1 Å². The van der Waals surface area contributed by atoms with E-state index in [1.165, 1.54) is 57.4 Å². The fourth-order valence-electron chi connectivity index (χ4n) is 4.54. The zero-order chi connectivity index (χ0) is 20.9. The van der Waals surface area contributed by atoms with Crippen molar-refractivity contribution >= 4 is 10.8 Å². The molecule has 0 aromatic heterocycles. The molecule has 5 heteroatoms. The van der Waals surface area contributed by atoms with Crippen molar-refractivity contribution in [3.63, 3.8) is 0 Å². The van der Waals surface area contributed by atoms with Crippen LogP contribution in [0.3, 0.4) is 0 Å². The lowest BCUT2D eigenvalue weighted by atomic mass is 9.77. The van der Waals surface area contributed by atoms with Gasteiger partial charge in [0.2, 0.25) is 0 Å². The van der Waals surface area contributed by atoms with E-state index in [9.17, 15) is 17.6 Å². The van der Waals surface area contributed by atoms with Crippen LogP contribution in [-0.4, -0.2) is 6.36 Å². The molecule has 1 aliphatic carbocycles. The van der Waals surface area contributed by atoms with Crippen LogP contribution in [0.25, 0.3) is 10.8 Å². The molecule has 0 atom stereocenters. The summed E-state index contributed by atoms with van der Waals surface area (Å²) >= 11 is 0. The summed E-state index contributed by atoms with van der Waals surface area (Å²) in [4.78, 5) is 0. The number of hydrogen-bond acceptors (Lipinski definition) is 1. The Morgan fingerprint density at radius 3 is 2.28 bits per heavy atom. The molecule has 0 amide bonds. The van der Waals surface area contributed by atoms with Gasteiger partial charge in [-0.05, 0) is 41.7 Å². The van der Waals surface area contributed by atoms with Gasteiger partial charge in [-0.1, -0.05) is 82.6 Å². The molecule has 3 rings (SSSR count). The maximum Gasteiger partial charge on any atom is 0.573 e. The second-order valence-electron chi connectivity index (χ2n) is 8.40. The quantitative estimate of drug-likeness (QED) is 0.315. The van der Waals surface area contributed by atoms with E-state index < -0.39 is 17.9 Å². The Bertz CT molecular complexity index is 791. The van der Waals surface area contributed by atoms with Crippen LogP contribution in [0, 0.1) is 17.7 Å². The maximum absolute atomic E-state index is 14.3. The molecular formula is C24H30F4O. The summed E-state index contributed by atoms with van der Waals surface area (Å²) in [5.74, 6) is -0.108. The minimum absolute atomic E-state index is 0.156. The third kappa shape index (κ3) is 6.35. The molecule has 1 aliphatic rings. The third-order valence-corrected chi connectivity index (χ3v) is 6.23. The Hall–Kier alpha value is -1.78. The van der Waals surface area contributed by atoms with Gasteiger partial charge in [0.25, 0.3) is 0 Å². The van der Waals surface area contributed by atoms with Gasteiger partial charge in [-0.2, -0.15) is 0 Å². The van der Waals surface area contributed by atoms with Gasteiger partial charge in [-0.3, -0.25) is 0 Å². The summed E-state index contributed by atoms with van der Waals surface area (Å²) in [6.07, 6.45) is 7.73. The van der Waals surface area contributed by atoms with E-state index >= 15 is 0 Å². The Labute approximate surface area is 170 Å².